The van der Waals surface area contributed by atoms with Gasteiger partial charge in [0.05, 0.1) is 0 Å². The summed E-state index contributed by atoms with van der Waals surface area (Å²) < 4.78 is 0. The summed E-state index contributed by atoms with van der Waals surface area (Å²) in [6.45, 7) is 0. The van der Waals surface area contributed by atoms with Crippen molar-refractivity contribution in [1.82, 2.24) is 0 Å². The minimum atomic E-state index is 0.703. The molecule has 2 heteroatoms. The van der Waals surface area contributed by atoms with Gasteiger partial charge in [0.25, 0.3) is 0 Å². The Hall–Kier alpha value is 0.960. The van der Waals surface area contributed by atoms with Crippen LogP contribution in [-0.4, -0.2) is 10.2 Å². The minimum Gasteiger partial charge on any atom is -0.0916 e. The van der Waals surface area contributed by atoms with Crippen LogP contribution in [0.15, 0.2) is 0 Å². The van der Waals surface area contributed by atoms with Crippen LogP contribution < -0.4 is 0 Å². The lowest BCUT2D eigenvalue weighted by Gasteiger charge is -2.57. The fourth-order valence-electron chi connectivity index (χ4n) is 5.06. The van der Waals surface area contributed by atoms with Crippen LogP contribution in [0, 0.1) is 23.2 Å². The molecule has 15 heavy (non-hydrogen) atoms. The molecule has 4 bridgehead atoms. The molecule has 4 aliphatic rings. The highest BCUT2D eigenvalue weighted by Crippen LogP contribution is 2.61. The van der Waals surface area contributed by atoms with E-state index in [0.717, 1.165) is 28.5 Å². The second-order valence-corrected chi connectivity index (χ2v) is 8.32. The Kier molecular flexibility index (Phi) is 2.96. The summed E-state index contributed by atoms with van der Waals surface area (Å²) >= 11 is 7.43. The van der Waals surface area contributed by atoms with Crippen LogP contribution in [0.1, 0.15) is 44.9 Å². The van der Waals surface area contributed by atoms with E-state index in [9.17, 15) is 0 Å². The Labute approximate surface area is 110 Å². The van der Waals surface area contributed by atoms with Gasteiger partial charge in [-0.2, -0.15) is 0 Å². The van der Waals surface area contributed by atoms with Crippen molar-refractivity contribution in [3.05, 3.63) is 0 Å². The highest BCUT2D eigenvalue weighted by Gasteiger charge is 2.50. The van der Waals surface area contributed by atoms with Crippen LogP contribution in [0.4, 0.5) is 0 Å². The average Bonchev–Trinajstić information content (AvgIpc) is 2.14. The molecule has 0 saturated heterocycles. The van der Waals surface area contributed by atoms with Crippen molar-refractivity contribution < 1.29 is 0 Å². The standard InChI is InChI=1S/C13H20Br2/c14-8-12(15)7-13-4-9-1-10(5-13)3-11(2-9)6-13/h9-12H,1-8H2. The molecule has 4 fully saturated rings. The number of halogens is 2. The van der Waals surface area contributed by atoms with Crippen molar-refractivity contribution in [3.63, 3.8) is 0 Å². The maximum atomic E-state index is 3.82. The maximum Gasteiger partial charge on any atom is 0.0248 e. The Morgan fingerprint density at radius 2 is 1.47 bits per heavy atom. The smallest absolute Gasteiger partial charge is 0.0248 e. The van der Waals surface area contributed by atoms with Crippen LogP contribution in [0.3, 0.4) is 0 Å². The van der Waals surface area contributed by atoms with E-state index >= 15 is 0 Å². The normalized spacial score (nSPS) is 49.6. The minimum absolute atomic E-state index is 0.703. The van der Waals surface area contributed by atoms with Gasteiger partial charge in [0, 0.05) is 10.2 Å². The van der Waals surface area contributed by atoms with Crippen molar-refractivity contribution in [2.24, 2.45) is 23.2 Å². The second kappa shape index (κ2) is 4.01. The van der Waals surface area contributed by atoms with Crippen molar-refractivity contribution >= 4 is 31.9 Å². The van der Waals surface area contributed by atoms with Gasteiger partial charge in [0.2, 0.25) is 0 Å². The highest BCUT2D eigenvalue weighted by molar-refractivity contribution is 9.12. The summed E-state index contributed by atoms with van der Waals surface area (Å²) in [7, 11) is 0. The molecule has 0 radical (unpaired) electrons. The molecule has 0 N–H and O–H groups in total. The second-order valence-electron chi connectivity index (χ2n) is 6.37. The third kappa shape index (κ3) is 2.06. The lowest BCUT2D eigenvalue weighted by Crippen LogP contribution is -2.47. The molecule has 4 aliphatic carbocycles. The zero-order valence-electron chi connectivity index (χ0n) is 9.22. The summed E-state index contributed by atoms with van der Waals surface area (Å²) in [5, 5.41) is 1.12. The fourth-order valence-corrected chi connectivity index (χ4v) is 5.98. The van der Waals surface area contributed by atoms with Crippen LogP contribution in [0.5, 0.6) is 0 Å². The monoisotopic (exact) mass is 334 g/mol. The molecule has 0 heterocycles. The molecule has 4 saturated carbocycles. The van der Waals surface area contributed by atoms with E-state index in [1.165, 1.54) is 6.42 Å². The zero-order valence-corrected chi connectivity index (χ0v) is 12.4. The van der Waals surface area contributed by atoms with E-state index < -0.39 is 0 Å². The number of alkyl halides is 2. The van der Waals surface area contributed by atoms with Crippen LogP contribution in [0.2, 0.25) is 0 Å². The van der Waals surface area contributed by atoms with Gasteiger partial charge in [-0.15, -0.1) is 0 Å². The third-order valence-corrected chi connectivity index (χ3v) is 7.28. The predicted molar refractivity (Wildman–Crippen MR) is 71.7 cm³/mol. The van der Waals surface area contributed by atoms with Crippen LogP contribution >= 0.6 is 31.9 Å². The maximum absolute atomic E-state index is 3.82. The van der Waals surface area contributed by atoms with Crippen LogP contribution in [-0.2, 0) is 0 Å². The summed E-state index contributed by atoms with van der Waals surface area (Å²) in [5.41, 5.74) is 0.747. The first-order valence-electron chi connectivity index (χ1n) is 6.39. The van der Waals surface area contributed by atoms with E-state index in [2.05, 4.69) is 31.9 Å². The van der Waals surface area contributed by atoms with Crippen molar-refractivity contribution in [2.75, 3.05) is 5.33 Å². The third-order valence-electron chi connectivity index (χ3n) is 4.99. The first-order chi connectivity index (χ1) is 7.19. The molecule has 1 unspecified atom stereocenters. The molecule has 1 atom stereocenters. The Morgan fingerprint density at radius 1 is 1.00 bits per heavy atom. The fraction of sp³-hybridized carbons (Fsp3) is 1.00. The molecule has 4 rings (SSSR count). The largest absolute Gasteiger partial charge is 0.0916 e. The van der Waals surface area contributed by atoms with Crippen molar-refractivity contribution in [2.45, 2.75) is 49.8 Å². The molecule has 0 aliphatic heterocycles. The Balaban J connectivity index is 1.75. The van der Waals surface area contributed by atoms with Gasteiger partial charge >= 0.3 is 0 Å². The Bertz CT molecular complexity index is 214. The number of rotatable bonds is 3. The molecule has 0 aromatic carbocycles. The van der Waals surface area contributed by atoms with Gasteiger partial charge in [0.15, 0.2) is 0 Å². The van der Waals surface area contributed by atoms with Crippen LogP contribution in [0.25, 0.3) is 0 Å². The lowest BCUT2D eigenvalue weighted by atomic mass is 9.48. The predicted octanol–water partition coefficient (Wildman–Crippen LogP) is 4.75. The van der Waals surface area contributed by atoms with Crippen molar-refractivity contribution in [3.8, 4) is 0 Å². The van der Waals surface area contributed by atoms with E-state index in [1.807, 2.05) is 0 Å². The first kappa shape index (κ1) is 11.1. The lowest BCUT2D eigenvalue weighted by molar-refractivity contribution is -0.0562. The molecule has 0 aromatic rings. The van der Waals surface area contributed by atoms with Gasteiger partial charge in [-0.1, -0.05) is 31.9 Å². The quantitative estimate of drug-likeness (QED) is 0.653. The molecule has 86 valence electrons. The van der Waals surface area contributed by atoms with E-state index in [4.69, 9.17) is 0 Å². The average molecular weight is 336 g/mol. The molecule has 0 amide bonds. The molecular weight excluding hydrogens is 316 g/mol. The highest BCUT2D eigenvalue weighted by atomic mass is 79.9. The summed E-state index contributed by atoms with van der Waals surface area (Å²) in [6.07, 6.45) is 10.8. The molecule has 0 aromatic heterocycles. The zero-order chi connectivity index (χ0) is 10.5. The van der Waals surface area contributed by atoms with Crippen molar-refractivity contribution in [1.29, 1.82) is 0 Å². The van der Waals surface area contributed by atoms with Gasteiger partial charge < -0.3 is 0 Å². The summed E-state index contributed by atoms with van der Waals surface area (Å²) in [4.78, 5) is 0.703. The van der Waals surface area contributed by atoms with E-state index in [1.54, 1.807) is 38.5 Å². The molecular formula is C13H20Br2. The van der Waals surface area contributed by atoms with Gasteiger partial charge in [-0.05, 0) is 68.1 Å². The summed E-state index contributed by atoms with van der Waals surface area (Å²) in [6, 6.07) is 0. The first-order valence-corrected chi connectivity index (χ1v) is 8.43. The SMILES string of the molecule is BrCC(Br)CC12CC3CC(CC(C3)C1)C2. The van der Waals surface area contributed by atoms with Gasteiger partial charge in [-0.25, -0.2) is 0 Å². The number of hydrogen-bond donors (Lipinski definition) is 0. The molecule has 0 spiro atoms. The summed E-state index contributed by atoms with van der Waals surface area (Å²) in [5.74, 6) is 3.31. The topological polar surface area (TPSA) is 0 Å². The number of hydrogen-bond acceptors (Lipinski definition) is 0. The van der Waals surface area contributed by atoms with E-state index in [-0.39, 0.29) is 0 Å². The van der Waals surface area contributed by atoms with Gasteiger partial charge in [0.1, 0.15) is 0 Å². The van der Waals surface area contributed by atoms with Gasteiger partial charge in [-0.3, -0.25) is 0 Å². The Morgan fingerprint density at radius 3 is 1.87 bits per heavy atom. The molecule has 0 nitrogen and oxygen atoms in total. The van der Waals surface area contributed by atoms with E-state index in [0.29, 0.717) is 4.83 Å².